The molecule has 0 aliphatic carbocycles. The van der Waals surface area contributed by atoms with Gasteiger partial charge in [0.1, 0.15) is 16.8 Å². The summed E-state index contributed by atoms with van der Waals surface area (Å²) in [5, 5.41) is 3.65. The van der Waals surface area contributed by atoms with Crippen molar-refractivity contribution >= 4 is 23.3 Å². The quantitative estimate of drug-likeness (QED) is 0.838. The monoisotopic (exact) mass is 298 g/mol. The van der Waals surface area contributed by atoms with Crippen LogP contribution in [0.4, 0.5) is 5.82 Å². The van der Waals surface area contributed by atoms with Gasteiger partial charge in [-0.2, -0.15) is 0 Å². The Bertz CT molecular complexity index is 521. The smallest absolute Gasteiger partial charge is 0.219 e. The van der Waals surface area contributed by atoms with Crippen LogP contribution in [0, 0.1) is 6.92 Å². The van der Waals surface area contributed by atoms with Crippen molar-refractivity contribution in [3.63, 3.8) is 0 Å². The molecule has 0 aromatic carbocycles. The maximum Gasteiger partial charge on any atom is 0.219 e. The lowest BCUT2D eigenvalue weighted by atomic mass is 9.95. The van der Waals surface area contributed by atoms with E-state index in [2.05, 4.69) is 15.3 Å². The molecule has 5 nitrogen and oxygen atoms in total. The van der Waals surface area contributed by atoms with Gasteiger partial charge in [-0.1, -0.05) is 32.4 Å². The van der Waals surface area contributed by atoms with Crippen molar-refractivity contribution in [2.24, 2.45) is 5.73 Å². The van der Waals surface area contributed by atoms with E-state index in [0.717, 1.165) is 5.56 Å². The summed E-state index contributed by atoms with van der Waals surface area (Å²) >= 11 is 6.18. The topological polar surface area (TPSA) is 80.9 Å². The number of carbonyl (C=O) groups excluding carboxylic acids is 1. The minimum atomic E-state index is -0.497. The minimum absolute atomic E-state index is 0.207. The number of carbonyl (C=O) groups is 1. The number of hydrogen-bond acceptors (Lipinski definition) is 4. The number of nitrogens with one attached hydrogen (secondary N) is 1. The fraction of sp³-hybridized carbons (Fsp3) is 0.643. The molecule has 1 amide bonds. The van der Waals surface area contributed by atoms with E-state index in [-0.39, 0.29) is 17.7 Å². The molecule has 0 bridgehead atoms. The molecular weight excluding hydrogens is 276 g/mol. The third-order valence-electron chi connectivity index (χ3n) is 2.83. The highest BCUT2D eigenvalue weighted by molar-refractivity contribution is 6.30. The van der Waals surface area contributed by atoms with Crippen LogP contribution in [-0.4, -0.2) is 21.4 Å². The largest absolute Gasteiger partial charge is 0.370 e. The van der Waals surface area contributed by atoms with Crippen LogP contribution in [0.25, 0.3) is 0 Å². The number of amides is 1. The Hall–Kier alpha value is -1.36. The van der Waals surface area contributed by atoms with Gasteiger partial charge in [0.15, 0.2) is 0 Å². The minimum Gasteiger partial charge on any atom is -0.370 e. The fourth-order valence-electron chi connectivity index (χ4n) is 1.75. The number of hydrogen-bond donors (Lipinski definition) is 2. The zero-order chi connectivity index (χ0) is 15.7. The van der Waals surface area contributed by atoms with E-state index in [9.17, 15) is 4.79 Å². The fourth-order valence-corrected chi connectivity index (χ4v) is 1.92. The molecule has 1 rings (SSSR count). The highest BCUT2D eigenvalue weighted by atomic mass is 35.5. The summed E-state index contributed by atoms with van der Waals surface area (Å²) in [5.41, 5.74) is 5.32. The summed E-state index contributed by atoms with van der Waals surface area (Å²) in [6.07, 6.45) is 0.207. The van der Waals surface area contributed by atoms with Crippen molar-refractivity contribution in [3.05, 3.63) is 16.5 Å². The summed E-state index contributed by atoms with van der Waals surface area (Å²) in [5.74, 6) is 0.933. The third-order valence-corrected chi connectivity index (χ3v) is 3.20. The molecule has 0 fully saturated rings. The maximum absolute atomic E-state index is 11.1. The van der Waals surface area contributed by atoms with Crippen LogP contribution >= 0.6 is 11.6 Å². The van der Waals surface area contributed by atoms with E-state index in [0.29, 0.717) is 16.8 Å². The highest BCUT2D eigenvalue weighted by Crippen LogP contribution is 2.28. The number of nitrogens with zero attached hydrogens (tertiary/aromatic N) is 2. The number of nitrogens with two attached hydrogens (primary N) is 1. The summed E-state index contributed by atoms with van der Waals surface area (Å²) in [7, 11) is 0. The van der Waals surface area contributed by atoms with E-state index in [1.165, 1.54) is 0 Å². The molecule has 112 valence electrons. The van der Waals surface area contributed by atoms with Crippen LogP contribution < -0.4 is 11.1 Å². The normalized spacial score (nSPS) is 12.3. The van der Waals surface area contributed by atoms with Gasteiger partial charge < -0.3 is 11.1 Å². The van der Waals surface area contributed by atoms with E-state index in [1.807, 2.05) is 41.5 Å². The third kappa shape index (κ3) is 4.34. The second-order valence-electron chi connectivity index (χ2n) is 6.71. The molecule has 1 heterocycles. The molecule has 1 aromatic rings. The van der Waals surface area contributed by atoms with Crippen LogP contribution in [0.1, 0.15) is 52.4 Å². The number of rotatable bonds is 4. The lowest BCUT2D eigenvalue weighted by Crippen LogP contribution is -2.37. The molecule has 1 aromatic heterocycles. The van der Waals surface area contributed by atoms with E-state index >= 15 is 0 Å². The van der Waals surface area contributed by atoms with E-state index < -0.39 is 5.54 Å². The van der Waals surface area contributed by atoms with E-state index in [1.54, 1.807) is 0 Å². The van der Waals surface area contributed by atoms with Crippen molar-refractivity contribution in [2.75, 3.05) is 5.32 Å². The van der Waals surface area contributed by atoms with Gasteiger partial charge in [-0.3, -0.25) is 4.79 Å². The predicted octanol–water partition coefficient (Wildman–Crippen LogP) is 2.80. The summed E-state index contributed by atoms with van der Waals surface area (Å²) in [6.45, 7) is 11.7. The van der Waals surface area contributed by atoms with Crippen LogP contribution in [0.5, 0.6) is 0 Å². The molecule has 0 unspecified atom stereocenters. The second kappa shape index (κ2) is 5.56. The van der Waals surface area contributed by atoms with Crippen molar-refractivity contribution < 1.29 is 4.79 Å². The Morgan fingerprint density at radius 2 is 1.80 bits per heavy atom. The van der Waals surface area contributed by atoms with Gasteiger partial charge in [0, 0.05) is 22.9 Å². The maximum atomic E-state index is 11.1. The summed E-state index contributed by atoms with van der Waals surface area (Å²) in [6, 6.07) is 0. The van der Waals surface area contributed by atoms with Crippen LogP contribution in [0.15, 0.2) is 0 Å². The van der Waals surface area contributed by atoms with Gasteiger partial charge in [0.05, 0.1) is 0 Å². The molecule has 0 radical (unpaired) electrons. The molecule has 0 spiro atoms. The average molecular weight is 299 g/mol. The Morgan fingerprint density at radius 1 is 1.25 bits per heavy atom. The molecule has 0 saturated heterocycles. The van der Waals surface area contributed by atoms with Gasteiger partial charge in [-0.05, 0) is 20.8 Å². The first-order valence-electron chi connectivity index (χ1n) is 6.53. The molecule has 6 heteroatoms. The molecule has 0 aliphatic heterocycles. The molecular formula is C14H23ClN4O. The molecule has 0 saturated carbocycles. The standard InChI is InChI=1S/C14H23ClN4O/c1-8-10(15)17-12(13(2,3)4)18-11(8)19-14(5,6)7-9(16)20/h7H2,1-6H3,(H2,16,20)(H,17,18,19). The first-order valence-corrected chi connectivity index (χ1v) is 6.91. The second-order valence-corrected chi connectivity index (χ2v) is 7.07. The van der Waals surface area contributed by atoms with Gasteiger partial charge in [0.2, 0.25) is 5.91 Å². The molecule has 20 heavy (non-hydrogen) atoms. The van der Waals surface area contributed by atoms with Gasteiger partial charge in [0.25, 0.3) is 0 Å². The van der Waals surface area contributed by atoms with Gasteiger partial charge in [-0.25, -0.2) is 9.97 Å². The zero-order valence-electron chi connectivity index (χ0n) is 13.0. The Morgan fingerprint density at radius 3 is 2.25 bits per heavy atom. The van der Waals surface area contributed by atoms with Gasteiger partial charge in [-0.15, -0.1) is 0 Å². The van der Waals surface area contributed by atoms with Crippen LogP contribution in [0.2, 0.25) is 5.15 Å². The Kier molecular flexibility index (Phi) is 4.64. The van der Waals surface area contributed by atoms with E-state index in [4.69, 9.17) is 17.3 Å². The summed E-state index contributed by atoms with van der Waals surface area (Å²) in [4.78, 5) is 20.0. The van der Waals surface area contributed by atoms with Crippen molar-refractivity contribution in [2.45, 2.75) is 58.9 Å². The number of primary amides is 1. The summed E-state index contributed by atoms with van der Waals surface area (Å²) < 4.78 is 0. The van der Waals surface area contributed by atoms with Crippen LogP contribution in [-0.2, 0) is 10.2 Å². The Balaban J connectivity index is 3.18. The molecule has 0 atom stereocenters. The van der Waals surface area contributed by atoms with Gasteiger partial charge >= 0.3 is 0 Å². The first kappa shape index (κ1) is 16.7. The van der Waals surface area contributed by atoms with Crippen molar-refractivity contribution in [1.82, 2.24) is 9.97 Å². The number of aromatic nitrogens is 2. The van der Waals surface area contributed by atoms with Crippen molar-refractivity contribution in [1.29, 1.82) is 0 Å². The van der Waals surface area contributed by atoms with Crippen molar-refractivity contribution in [3.8, 4) is 0 Å². The van der Waals surface area contributed by atoms with Crippen LogP contribution in [0.3, 0.4) is 0 Å². The number of halogens is 1. The lowest BCUT2D eigenvalue weighted by molar-refractivity contribution is -0.118. The molecule has 0 aliphatic rings. The first-order chi connectivity index (χ1) is 8.92. The Labute approximate surface area is 125 Å². The number of anilines is 1. The predicted molar refractivity (Wildman–Crippen MR) is 82.0 cm³/mol. The SMILES string of the molecule is Cc1c(Cl)nc(C(C)(C)C)nc1NC(C)(C)CC(N)=O. The average Bonchev–Trinajstić information content (AvgIpc) is 2.20. The highest BCUT2D eigenvalue weighted by Gasteiger charge is 2.25. The zero-order valence-corrected chi connectivity index (χ0v) is 13.7. The molecule has 3 N–H and O–H groups in total. The lowest BCUT2D eigenvalue weighted by Gasteiger charge is -2.28.